The van der Waals surface area contributed by atoms with Crippen LogP contribution >= 0.6 is 0 Å². The number of hydrogen-bond acceptors (Lipinski definition) is 4. The third kappa shape index (κ3) is 1.92. The van der Waals surface area contributed by atoms with Crippen molar-refractivity contribution in [2.45, 2.75) is 12.5 Å². The van der Waals surface area contributed by atoms with Gasteiger partial charge in [-0.1, -0.05) is 12.1 Å². The molecule has 0 saturated carbocycles. The van der Waals surface area contributed by atoms with E-state index < -0.39 is 0 Å². The van der Waals surface area contributed by atoms with Crippen LogP contribution in [0, 0.1) is 0 Å². The number of furan rings is 1. The number of hydrogen-bond donors (Lipinski definition) is 1. The molecule has 0 aliphatic carbocycles. The van der Waals surface area contributed by atoms with Gasteiger partial charge in [0.25, 0.3) is 5.91 Å². The Balaban J connectivity index is 2.01. The van der Waals surface area contributed by atoms with Gasteiger partial charge in [-0.2, -0.15) is 0 Å². The zero-order valence-electron chi connectivity index (χ0n) is 11.0. The lowest BCUT2D eigenvalue weighted by Crippen LogP contribution is -2.39. The van der Waals surface area contributed by atoms with Crippen LogP contribution in [0.5, 0.6) is 0 Å². The molecule has 1 atom stereocenters. The zero-order valence-corrected chi connectivity index (χ0v) is 11.0. The molecule has 0 radical (unpaired) electrons. The minimum atomic E-state index is -0.352. The lowest BCUT2D eigenvalue weighted by atomic mass is 9.93. The van der Waals surface area contributed by atoms with Crippen molar-refractivity contribution in [3.8, 4) is 0 Å². The Bertz CT molecular complexity index is 676. The van der Waals surface area contributed by atoms with E-state index in [9.17, 15) is 9.59 Å². The molecule has 1 aromatic heterocycles. The van der Waals surface area contributed by atoms with Crippen LogP contribution < -0.4 is 5.73 Å². The molecule has 1 unspecified atom stereocenters. The first kappa shape index (κ1) is 12.6. The molecule has 2 aromatic rings. The molecular formula is C15H14N2O3. The van der Waals surface area contributed by atoms with E-state index in [1.54, 1.807) is 30.7 Å². The Labute approximate surface area is 116 Å². The van der Waals surface area contributed by atoms with Crippen LogP contribution in [0.4, 0.5) is 0 Å². The first-order chi connectivity index (χ1) is 9.58. The number of nitrogens with two attached hydrogens (primary N) is 1. The molecule has 5 nitrogen and oxygen atoms in total. The molecule has 3 rings (SSSR count). The SMILES string of the molecule is CN1C(=O)Cc2ccc(C(N)c3ccoc3)cc2C1=O. The summed E-state index contributed by atoms with van der Waals surface area (Å²) in [5, 5.41) is 0. The van der Waals surface area contributed by atoms with Crippen LogP contribution in [-0.4, -0.2) is 23.8 Å². The maximum Gasteiger partial charge on any atom is 0.260 e. The second-order valence-corrected chi connectivity index (χ2v) is 4.89. The maximum absolute atomic E-state index is 12.1. The highest BCUT2D eigenvalue weighted by molar-refractivity contribution is 6.09. The van der Waals surface area contributed by atoms with Crippen molar-refractivity contribution in [1.82, 2.24) is 4.90 Å². The molecular weight excluding hydrogens is 256 g/mol. The van der Waals surface area contributed by atoms with Gasteiger partial charge in [-0.25, -0.2) is 0 Å². The minimum Gasteiger partial charge on any atom is -0.472 e. The normalized spacial score (nSPS) is 16.2. The number of amides is 2. The zero-order chi connectivity index (χ0) is 14.3. The van der Waals surface area contributed by atoms with Crippen LogP contribution in [0.25, 0.3) is 0 Å². The number of fused-ring (bicyclic) bond motifs is 1. The Hall–Kier alpha value is -2.40. The predicted molar refractivity (Wildman–Crippen MR) is 72.0 cm³/mol. The number of carbonyl (C=O) groups is 2. The van der Waals surface area contributed by atoms with Gasteiger partial charge in [0.15, 0.2) is 0 Å². The largest absolute Gasteiger partial charge is 0.472 e. The number of nitrogens with zero attached hydrogens (tertiary/aromatic N) is 1. The topological polar surface area (TPSA) is 76.5 Å². The molecule has 1 aliphatic rings. The first-order valence-electron chi connectivity index (χ1n) is 6.29. The van der Waals surface area contributed by atoms with Crippen LogP contribution in [-0.2, 0) is 11.2 Å². The van der Waals surface area contributed by atoms with E-state index >= 15 is 0 Å². The molecule has 1 aliphatic heterocycles. The monoisotopic (exact) mass is 270 g/mol. The second kappa shape index (κ2) is 4.61. The van der Waals surface area contributed by atoms with E-state index in [0.717, 1.165) is 21.6 Å². The molecule has 0 saturated heterocycles. The second-order valence-electron chi connectivity index (χ2n) is 4.89. The minimum absolute atomic E-state index is 0.186. The Morgan fingerprint density at radius 1 is 1.25 bits per heavy atom. The molecule has 102 valence electrons. The molecule has 2 N–H and O–H groups in total. The summed E-state index contributed by atoms with van der Waals surface area (Å²) < 4.78 is 5.02. The fourth-order valence-corrected chi connectivity index (χ4v) is 2.36. The predicted octanol–water partition coefficient (Wildman–Crippen LogP) is 1.48. The smallest absolute Gasteiger partial charge is 0.260 e. The molecule has 5 heteroatoms. The lowest BCUT2D eigenvalue weighted by molar-refractivity contribution is -0.127. The van der Waals surface area contributed by atoms with Crippen LogP contribution in [0.3, 0.4) is 0 Å². The number of likely N-dealkylation sites (N-methyl/N-ethyl adjacent to an activating group) is 1. The van der Waals surface area contributed by atoms with Crippen molar-refractivity contribution in [1.29, 1.82) is 0 Å². The van der Waals surface area contributed by atoms with Crippen molar-refractivity contribution in [2.24, 2.45) is 5.73 Å². The van der Waals surface area contributed by atoms with Gasteiger partial charge in [-0.05, 0) is 23.3 Å². The van der Waals surface area contributed by atoms with Gasteiger partial charge in [0.05, 0.1) is 25.0 Å². The van der Waals surface area contributed by atoms with Crippen molar-refractivity contribution < 1.29 is 14.0 Å². The molecule has 2 heterocycles. The third-order valence-corrected chi connectivity index (χ3v) is 3.65. The van der Waals surface area contributed by atoms with E-state index in [-0.39, 0.29) is 24.3 Å². The van der Waals surface area contributed by atoms with E-state index in [1.807, 2.05) is 6.07 Å². The fraction of sp³-hybridized carbons (Fsp3) is 0.200. The highest BCUT2D eigenvalue weighted by atomic mass is 16.3. The van der Waals surface area contributed by atoms with Gasteiger partial charge in [-0.3, -0.25) is 14.5 Å². The van der Waals surface area contributed by atoms with Gasteiger partial charge >= 0.3 is 0 Å². The molecule has 20 heavy (non-hydrogen) atoms. The Morgan fingerprint density at radius 3 is 2.75 bits per heavy atom. The molecule has 2 amide bonds. The number of imide groups is 1. The average molecular weight is 270 g/mol. The molecule has 0 spiro atoms. The third-order valence-electron chi connectivity index (χ3n) is 3.65. The van der Waals surface area contributed by atoms with Crippen LogP contribution in [0.2, 0.25) is 0 Å². The summed E-state index contributed by atoms with van der Waals surface area (Å²) in [4.78, 5) is 24.9. The molecule has 1 aromatic carbocycles. The van der Waals surface area contributed by atoms with E-state index in [0.29, 0.717) is 5.56 Å². The van der Waals surface area contributed by atoms with E-state index in [4.69, 9.17) is 10.2 Å². The maximum atomic E-state index is 12.1. The van der Waals surface area contributed by atoms with Gasteiger partial charge in [0.2, 0.25) is 5.91 Å². The molecule has 0 fully saturated rings. The Morgan fingerprint density at radius 2 is 2.05 bits per heavy atom. The fourth-order valence-electron chi connectivity index (χ4n) is 2.36. The summed E-state index contributed by atoms with van der Waals surface area (Å²) in [5.74, 6) is -0.466. The number of benzene rings is 1. The van der Waals surface area contributed by atoms with Crippen LogP contribution in [0.15, 0.2) is 41.2 Å². The highest BCUT2D eigenvalue weighted by Gasteiger charge is 2.28. The summed E-state index contributed by atoms with van der Waals surface area (Å²) in [7, 11) is 1.50. The van der Waals surface area contributed by atoms with Gasteiger partial charge in [-0.15, -0.1) is 0 Å². The summed E-state index contributed by atoms with van der Waals surface area (Å²) in [6, 6.07) is 6.85. The van der Waals surface area contributed by atoms with E-state index in [2.05, 4.69) is 0 Å². The number of rotatable bonds is 2. The summed E-state index contributed by atoms with van der Waals surface area (Å²) in [5.41, 5.74) is 9.11. The van der Waals surface area contributed by atoms with Crippen molar-refractivity contribution in [3.05, 3.63) is 59.0 Å². The Kier molecular flexibility index (Phi) is 2.91. The summed E-state index contributed by atoms with van der Waals surface area (Å²) in [6.45, 7) is 0. The van der Waals surface area contributed by atoms with Gasteiger partial charge in [0.1, 0.15) is 0 Å². The standard InChI is InChI=1S/C15H14N2O3/c1-17-13(18)7-9-2-3-10(6-12(9)15(17)19)14(16)11-4-5-20-8-11/h2-6,8,14H,7,16H2,1H3. The van der Waals surface area contributed by atoms with Crippen molar-refractivity contribution >= 4 is 11.8 Å². The van der Waals surface area contributed by atoms with Crippen molar-refractivity contribution in [3.63, 3.8) is 0 Å². The van der Waals surface area contributed by atoms with Gasteiger partial charge < -0.3 is 10.2 Å². The molecule has 0 bridgehead atoms. The van der Waals surface area contributed by atoms with Crippen LogP contribution in [0.1, 0.15) is 33.1 Å². The summed E-state index contributed by atoms with van der Waals surface area (Å²) >= 11 is 0. The average Bonchev–Trinajstić information content (AvgIpc) is 2.98. The quantitative estimate of drug-likeness (QED) is 0.839. The van der Waals surface area contributed by atoms with E-state index in [1.165, 1.54) is 7.05 Å². The first-order valence-corrected chi connectivity index (χ1v) is 6.29. The number of carbonyl (C=O) groups excluding carboxylic acids is 2. The van der Waals surface area contributed by atoms with Crippen molar-refractivity contribution in [2.75, 3.05) is 7.05 Å². The van der Waals surface area contributed by atoms with Gasteiger partial charge in [0, 0.05) is 18.2 Å². The lowest BCUT2D eigenvalue weighted by Gasteiger charge is -2.24. The summed E-state index contributed by atoms with van der Waals surface area (Å²) in [6.07, 6.45) is 3.39. The highest BCUT2D eigenvalue weighted by Crippen LogP contribution is 2.25.